The highest BCUT2D eigenvalue weighted by molar-refractivity contribution is 6.06. The first-order chi connectivity index (χ1) is 11.0. The van der Waals surface area contributed by atoms with E-state index < -0.39 is 5.97 Å². The lowest BCUT2D eigenvalue weighted by molar-refractivity contribution is -0.149. The van der Waals surface area contributed by atoms with Crippen LogP contribution in [0.2, 0.25) is 0 Å². The third-order valence-corrected chi connectivity index (χ3v) is 4.66. The molecule has 2 rings (SSSR count). The summed E-state index contributed by atoms with van der Waals surface area (Å²) < 4.78 is 5.64. The molecule has 0 aliphatic heterocycles. The molecule has 0 aromatic heterocycles. The number of benzene rings is 1. The molecule has 124 valence electrons. The monoisotopic (exact) mass is 314 g/mol. The maximum absolute atomic E-state index is 12.1. The molecule has 23 heavy (non-hydrogen) atoms. The average Bonchev–Trinajstić information content (AvgIpc) is 2.53. The summed E-state index contributed by atoms with van der Waals surface area (Å²) in [5, 5.41) is 0. The van der Waals surface area contributed by atoms with Crippen LogP contribution in [0.3, 0.4) is 0 Å². The Hall–Kier alpha value is -1.90. The van der Waals surface area contributed by atoms with E-state index in [1.165, 1.54) is 18.6 Å². The number of carbonyl (C=O) groups excluding carboxylic acids is 2. The largest absolute Gasteiger partial charge is 0.459 e. The molecule has 1 aliphatic carbocycles. The van der Waals surface area contributed by atoms with E-state index in [1.54, 1.807) is 24.3 Å². The summed E-state index contributed by atoms with van der Waals surface area (Å²) in [7, 11) is 0. The van der Waals surface area contributed by atoms with Crippen molar-refractivity contribution in [1.29, 1.82) is 0 Å². The van der Waals surface area contributed by atoms with Gasteiger partial charge in [-0.25, -0.2) is 4.79 Å². The Balaban J connectivity index is 1.95. The molecule has 0 bridgehead atoms. The lowest BCUT2D eigenvalue weighted by atomic mass is 9.75. The van der Waals surface area contributed by atoms with Crippen molar-refractivity contribution in [2.24, 2.45) is 17.8 Å². The van der Waals surface area contributed by atoms with Crippen molar-refractivity contribution >= 4 is 11.8 Å². The van der Waals surface area contributed by atoms with Crippen LogP contribution >= 0.6 is 0 Å². The Bertz CT molecular complexity index is 560. The van der Waals surface area contributed by atoms with Crippen LogP contribution < -0.4 is 0 Å². The molecule has 1 aromatic rings. The van der Waals surface area contributed by atoms with Crippen molar-refractivity contribution < 1.29 is 14.3 Å². The van der Waals surface area contributed by atoms with Crippen LogP contribution in [-0.4, -0.2) is 17.9 Å². The van der Waals surface area contributed by atoms with Gasteiger partial charge < -0.3 is 4.74 Å². The zero-order valence-electron chi connectivity index (χ0n) is 14.2. The molecule has 3 heteroatoms. The van der Waals surface area contributed by atoms with Gasteiger partial charge in [0.2, 0.25) is 0 Å². The van der Waals surface area contributed by atoms with E-state index in [1.807, 2.05) is 6.07 Å². The fourth-order valence-corrected chi connectivity index (χ4v) is 3.28. The maximum Gasteiger partial charge on any atom is 0.331 e. The van der Waals surface area contributed by atoms with Crippen molar-refractivity contribution in [2.45, 2.75) is 46.1 Å². The fourth-order valence-electron chi connectivity index (χ4n) is 3.28. The zero-order chi connectivity index (χ0) is 16.8. The molecule has 3 nitrogen and oxygen atoms in total. The quantitative estimate of drug-likeness (QED) is 0.459. The van der Waals surface area contributed by atoms with Crippen LogP contribution in [0.5, 0.6) is 0 Å². The highest BCUT2D eigenvalue weighted by Crippen LogP contribution is 2.35. The second-order valence-corrected chi connectivity index (χ2v) is 6.87. The summed E-state index contributed by atoms with van der Waals surface area (Å²) in [5.74, 6) is 0.889. The second kappa shape index (κ2) is 8.09. The molecule has 1 fully saturated rings. The van der Waals surface area contributed by atoms with Crippen molar-refractivity contribution in [3.8, 4) is 0 Å². The molecule has 0 radical (unpaired) electrons. The number of ketones is 1. The van der Waals surface area contributed by atoms with Crippen LogP contribution in [0.25, 0.3) is 0 Å². The Kier molecular flexibility index (Phi) is 6.14. The Labute approximate surface area is 138 Å². The van der Waals surface area contributed by atoms with Gasteiger partial charge in [0.25, 0.3) is 0 Å². The van der Waals surface area contributed by atoms with E-state index in [9.17, 15) is 9.59 Å². The van der Waals surface area contributed by atoms with E-state index >= 15 is 0 Å². The van der Waals surface area contributed by atoms with Gasteiger partial charge in [0.05, 0.1) is 0 Å². The first-order valence-corrected chi connectivity index (χ1v) is 8.45. The van der Waals surface area contributed by atoms with Crippen LogP contribution in [0.15, 0.2) is 42.5 Å². The fraction of sp³-hybridized carbons (Fsp3) is 0.500. The van der Waals surface area contributed by atoms with Gasteiger partial charge in [-0.3, -0.25) is 4.79 Å². The Morgan fingerprint density at radius 2 is 1.83 bits per heavy atom. The van der Waals surface area contributed by atoms with Gasteiger partial charge in [-0.15, -0.1) is 0 Å². The molecule has 3 atom stereocenters. The summed E-state index contributed by atoms with van der Waals surface area (Å²) in [6.07, 6.45) is 5.72. The van der Waals surface area contributed by atoms with Gasteiger partial charge in [-0.05, 0) is 36.7 Å². The zero-order valence-corrected chi connectivity index (χ0v) is 14.2. The molecule has 0 spiro atoms. The van der Waals surface area contributed by atoms with E-state index in [4.69, 9.17) is 4.74 Å². The first kappa shape index (κ1) is 17.5. The molecule has 1 aliphatic rings. The molecule has 0 amide bonds. The highest BCUT2D eigenvalue weighted by Gasteiger charge is 2.32. The van der Waals surface area contributed by atoms with Gasteiger partial charge in [-0.2, -0.15) is 0 Å². The van der Waals surface area contributed by atoms with Gasteiger partial charge in [-0.1, -0.05) is 57.5 Å². The average molecular weight is 314 g/mol. The van der Waals surface area contributed by atoms with Crippen molar-refractivity contribution in [1.82, 2.24) is 0 Å². The standard InChI is InChI=1S/C20H26O3/c1-14(2)17-10-9-15(3)13-19(17)23-20(22)12-11-18(21)16-7-5-4-6-8-16/h4-8,11-12,14-15,17,19H,9-10,13H2,1-3H3/b12-11+. The highest BCUT2D eigenvalue weighted by atomic mass is 16.5. The van der Waals surface area contributed by atoms with Crippen molar-refractivity contribution in [3.63, 3.8) is 0 Å². The smallest absolute Gasteiger partial charge is 0.331 e. The third kappa shape index (κ3) is 5.05. The lowest BCUT2D eigenvalue weighted by Gasteiger charge is -2.36. The van der Waals surface area contributed by atoms with E-state index in [0.717, 1.165) is 12.8 Å². The van der Waals surface area contributed by atoms with Crippen LogP contribution in [0.1, 0.15) is 50.4 Å². The summed E-state index contributed by atoms with van der Waals surface area (Å²) in [5.41, 5.74) is 0.572. The number of carbonyl (C=O) groups is 2. The number of hydrogen-bond acceptors (Lipinski definition) is 3. The molecular formula is C20H26O3. The van der Waals surface area contributed by atoms with E-state index in [-0.39, 0.29) is 11.9 Å². The SMILES string of the molecule is CC1CCC(C(C)C)C(OC(=O)/C=C/C(=O)c2ccccc2)C1. The van der Waals surface area contributed by atoms with Gasteiger partial charge >= 0.3 is 5.97 Å². The third-order valence-electron chi connectivity index (χ3n) is 4.66. The predicted molar refractivity (Wildman–Crippen MR) is 91.1 cm³/mol. The molecule has 0 saturated heterocycles. The molecule has 1 saturated carbocycles. The molecular weight excluding hydrogens is 288 g/mol. The number of allylic oxidation sites excluding steroid dienone is 1. The normalized spacial score (nSPS) is 24.8. The second-order valence-electron chi connectivity index (χ2n) is 6.87. The summed E-state index contributed by atoms with van der Waals surface area (Å²) in [4.78, 5) is 24.0. The molecule has 1 aromatic carbocycles. The first-order valence-electron chi connectivity index (χ1n) is 8.45. The Morgan fingerprint density at radius 3 is 2.48 bits per heavy atom. The molecule has 3 unspecified atom stereocenters. The molecule has 0 heterocycles. The Morgan fingerprint density at radius 1 is 1.13 bits per heavy atom. The van der Waals surface area contributed by atoms with E-state index in [2.05, 4.69) is 20.8 Å². The minimum absolute atomic E-state index is 0.0391. The maximum atomic E-state index is 12.1. The summed E-state index contributed by atoms with van der Waals surface area (Å²) >= 11 is 0. The summed E-state index contributed by atoms with van der Waals surface area (Å²) in [6.45, 7) is 6.55. The summed E-state index contributed by atoms with van der Waals surface area (Å²) in [6, 6.07) is 8.92. The van der Waals surface area contributed by atoms with Gasteiger partial charge in [0, 0.05) is 11.6 Å². The van der Waals surface area contributed by atoms with Crippen molar-refractivity contribution in [3.05, 3.63) is 48.0 Å². The minimum atomic E-state index is -0.418. The van der Waals surface area contributed by atoms with Crippen LogP contribution in [0.4, 0.5) is 0 Å². The van der Waals surface area contributed by atoms with Crippen LogP contribution in [-0.2, 0) is 9.53 Å². The minimum Gasteiger partial charge on any atom is -0.459 e. The number of ether oxygens (including phenoxy) is 1. The molecule has 0 N–H and O–H groups in total. The topological polar surface area (TPSA) is 43.4 Å². The van der Waals surface area contributed by atoms with E-state index in [0.29, 0.717) is 23.3 Å². The number of hydrogen-bond donors (Lipinski definition) is 0. The van der Waals surface area contributed by atoms with Gasteiger partial charge in [0.1, 0.15) is 6.10 Å². The van der Waals surface area contributed by atoms with Crippen molar-refractivity contribution in [2.75, 3.05) is 0 Å². The number of rotatable bonds is 5. The van der Waals surface area contributed by atoms with Crippen LogP contribution in [0, 0.1) is 17.8 Å². The van der Waals surface area contributed by atoms with Gasteiger partial charge in [0.15, 0.2) is 5.78 Å². The lowest BCUT2D eigenvalue weighted by Crippen LogP contribution is -2.35. The predicted octanol–water partition coefficient (Wildman–Crippen LogP) is 4.43. The number of esters is 1.